The van der Waals surface area contributed by atoms with Crippen molar-refractivity contribution in [3.63, 3.8) is 0 Å². The molecule has 0 aromatic rings. The fourth-order valence-electron chi connectivity index (χ4n) is 8.64. The first-order valence-electron chi connectivity index (χ1n) is 12.8. The van der Waals surface area contributed by atoms with Gasteiger partial charge in [-0.15, -0.1) is 23.5 Å². The number of esters is 1. The standard InChI is InChI=1S/C27H44O2S2/c1-7-30-27(6,31-8-2)24-12-11-22-21-10-9-19-17-20(29-18(3)28)13-15-25(19,4)23(21)14-16-26(22,24)5/h9,20-24H,7-8,10-17H2,1-6H3/t20-,21-,22-,23-,24-,25-,26-/m0/s1. The molecular formula is C27H44O2S2. The zero-order valence-electron chi connectivity index (χ0n) is 20.7. The zero-order chi connectivity index (χ0) is 22.4. The summed E-state index contributed by atoms with van der Waals surface area (Å²) < 4.78 is 5.98. The number of allylic oxidation sites excluding steroid dienone is 1. The summed E-state index contributed by atoms with van der Waals surface area (Å²) in [6.07, 6.45) is 12.8. The van der Waals surface area contributed by atoms with Crippen molar-refractivity contribution in [1.29, 1.82) is 0 Å². The summed E-state index contributed by atoms with van der Waals surface area (Å²) in [6, 6.07) is 0. The van der Waals surface area contributed by atoms with Gasteiger partial charge in [-0.1, -0.05) is 39.3 Å². The molecule has 2 nitrogen and oxygen atoms in total. The van der Waals surface area contributed by atoms with Gasteiger partial charge in [-0.05, 0) is 97.9 Å². The number of rotatable bonds is 6. The molecule has 0 saturated heterocycles. The minimum atomic E-state index is -0.119. The second-order valence-electron chi connectivity index (χ2n) is 11.3. The Morgan fingerprint density at radius 2 is 1.81 bits per heavy atom. The molecule has 0 N–H and O–H groups in total. The Hall–Kier alpha value is -0.0900. The highest BCUT2D eigenvalue weighted by Crippen LogP contribution is 2.69. The molecule has 0 unspecified atom stereocenters. The number of hydrogen-bond donors (Lipinski definition) is 0. The number of fused-ring (bicyclic) bond motifs is 5. The summed E-state index contributed by atoms with van der Waals surface area (Å²) in [6.45, 7) is 14.0. The fourth-order valence-corrected chi connectivity index (χ4v) is 12.0. The van der Waals surface area contributed by atoms with E-state index >= 15 is 0 Å². The molecule has 0 aliphatic heterocycles. The maximum absolute atomic E-state index is 11.5. The largest absolute Gasteiger partial charge is 0.462 e. The van der Waals surface area contributed by atoms with Crippen LogP contribution in [0.15, 0.2) is 11.6 Å². The summed E-state index contributed by atoms with van der Waals surface area (Å²) in [5.41, 5.74) is 2.44. The molecule has 4 heteroatoms. The van der Waals surface area contributed by atoms with E-state index in [2.05, 4.69) is 64.2 Å². The van der Waals surface area contributed by atoms with E-state index in [1.54, 1.807) is 12.5 Å². The SMILES string of the molecule is CCSC(C)(SCC)[C@H]1CC[C@H]2[C@@H]3CC=C4C[C@@H](OC(C)=O)CC[C@]4(C)[C@H]3CC[C@]12C. The van der Waals surface area contributed by atoms with Gasteiger partial charge in [0.1, 0.15) is 6.10 Å². The lowest BCUT2D eigenvalue weighted by Gasteiger charge is -2.59. The highest BCUT2D eigenvalue weighted by atomic mass is 32.2. The van der Waals surface area contributed by atoms with Gasteiger partial charge in [-0.2, -0.15) is 0 Å². The van der Waals surface area contributed by atoms with Gasteiger partial charge in [-0.25, -0.2) is 0 Å². The van der Waals surface area contributed by atoms with Crippen LogP contribution in [-0.2, 0) is 9.53 Å². The second kappa shape index (κ2) is 8.93. The first-order chi connectivity index (χ1) is 14.7. The van der Waals surface area contributed by atoms with Crippen LogP contribution in [0.2, 0.25) is 0 Å². The zero-order valence-corrected chi connectivity index (χ0v) is 22.3. The van der Waals surface area contributed by atoms with E-state index in [1.165, 1.54) is 50.0 Å². The summed E-state index contributed by atoms with van der Waals surface area (Å²) in [4.78, 5) is 11.5. The van der Waals surface area contributed by atoms with Gasteiger partial charge in [0.15, 0.2) is 0 Å². The van der Waals surface area contributed by atoms with Crippen molar-refractivity contribution >= 4 is 29.5 Å². The van der Waals surface area contributed by atoms with Crippen LogP contribution in [0.25, 0.3) is 0 Å². The van der Waals surface area contributed by atoms with Gasteiger partial charge < -0.3 is 4.74 Å². The average molecular weight is 465 g/mol. The van der Waals surface area contributed by atoms with Crippen molar-refractivity contribution in [3.05, 3.63) is 11.6 Å². The monoisotopic (exact) mass is 464 g/mol. The number of ether oxygens (including phenoxy) is 1. The fraction of sp³-hybridized carbons (Fsp3) is 0.889. The molecule has 0 heterocycles. The van der Waals surface area contributed by atoms with Crippen molar-refractivity contribution in [3.8, 4) is 0 Å². The van der Waals surface area contributed by atoms with E-state index < -0.39 is 0 Å². The smallest absolute Gasteiger partial charge is 0.302 e. The first-order valence-corrected chi connectivity index (χ1v) is 14.8. The van der Waals surface area contributed by atoms with Crippen LogP contribution >= 0.6 is 23.5 Å². The normalized spacial score (nSPS) is 42.3. The third kappa shape index (κ3) is 4.04. The van der Waals surface area contributed by atoms with Crippen LogP contribution in [-0.4, -0.2) is 27.7 Å². The average Bonchev–Trinajstić information content (AvgIpc) is 3.06. The Kier molecular flexibility index (Phi) is 6.93. The topological polar surface area (TPSA) is 26.3 Å². The molecule has 7 atom stereocenters. The molecule has 4 aliphatic carbocycles. The van der Waals surface area contributed by atoms with Gasteiger partial charge >= 0.3 is 5.97 Å². The lowest BCUT2D eigenvalue weighted by atomic mass is 9.47. The Labute approximate surface area is 199 Å². The van der Waals surface area contributed by atoms with Crippen molar-refractivity contribution in [2.75, 3.05) is 11.5 Å². The Morgan fingerprint density at radius 3 is 2.45 bits per heavy atom. The van der Waals surface area contributed by atoms with E-state index in [0.29, 0.717) is 14.9 Å². The summed E-state index contributed by atoms with van der Waals surface area (Å²) >= 11 is 4.43. The van der Waals surface area contributed by atoms with Gasteiger partial charge in [0, 0.05) is 13.3 Å². The third-order valence-corrected chi connectivity index (χ3v) is 12.9. The van der Waals surface area contributed by atoms with Gasteiger partial charge in [-0.3, -0.25) is 4.79 Å². The number of carbonyl (C=O) groups excluding carboxylic acids is 1. The maximum Gasteiger partial charge on any atom is 0.302 e. The minimum Gasteiger partial charge on any atom is -0.462 e. The molecule has 0 amide bonds. The molecular weight excluding hydrogens is 420 g/mol. The van der Waals surface area contributed by atoms with E-state index in [9.17, 15) is 4.79 Å². The molecule has 31 heavy (non-hydrogen) atoms. The van der Waals surface area contributed by atoms with E-state index in [4.69, 9.17) is 4.74 Å². The molecule has 4 aliphatic rings. The summed E-state index contributed by atoms with van der Waals surface area (Å²) in [7, 11) is 0. The highest BCUT2D eigenvalue weighted by Gasteiger charge is 2.61. The van der Waals surface area contributed by atoms with Crippen molar-refractivity contribution in [1.82, 2.24) is 0 Å². The molecule has 3 fully saturated rings. The van der Waals surface area contributed by atoms with Gasteiger partial charge in [0.25, 0.3) is 0 Å². The number of hydrogen-bond acceptors (Lipinski definition) is 4. The molecule has 4 rings (SSSR count). The van der Waals surface area contributed by atoms with Gasteiger partial charge in [0.05, 0.1) is 4.08 Å². The maximum atomic E-state index is 11.5. The highest BCUT2D eigenvalue weighted by molar-refractivity contribution is 8.18. The third-order valence-electron chi connectivity index (χ3n) is 9.89. The molecule has 0 spiro atoms. The predicted octanol–water partition coefficient (Wildman–Crippen LogP) is 7.72. The molecule has 3 saturated carbocycles. The Morgan fingerprint density at radius 1 is 1.10 bits per heavy atom. The lowest BCUT2D eigenvalue weighted by Crippen LogP contribution is -2.52. The van der Waals surface area contributed by atoms with Crippen LogP contribution in [0.5, 0.6) is 0 Å². The first kappa shape index (κ1) is 24.0. The molecule has 0 bridgehead atoms. The molecule has 0 radical (unpaired) electrons. The number of thioether (sulfide) groups is 2. The second-order valence-corrected chi connectivity index (χ2v) is 15.0. The van der Waals surface area contributed by atoms with Crippen molar-refractivity contribution in [2.45, 2.75) is 103 Å². The predicted molar refractivity (Wildman–Crippen MR) is 135 cm³/mol. The van der Waals surface area contributed by atoms with Gasteiger partial charge in [0.2, 0.25) is 0 Å². The van der Waals surface area contributed by atoms with E-state index in [1.807, 2.05) is 0 Å². The van der Waals surface area contributed by atoms with Crippen molar-refractivity contribution in [2.24, 2.45) is 34.5 Å². The van der Waals surface area contributed by atoms with Crippen LogP contribution in [0.1, 0.15) is 92.9 Å². The number of carbonyl (C=O) groups is 1. The Balaban J connectivity index is 1.57. The molecule has 176 valence electrons. The summed E-state index contributed by atoms with van der Waals surface area (Å²) in [5.74, 6) is 5.72. The quantitative estimate of drug-likeness (QED) is 0.228. The van der Waals surface area contributed by atoms with Crippen LogP contribution in [0.4, 0.5) is 0 Å². The molecule has 0 aromatic heterocycles. The van der Waals surface area contributed by atoms with Crippen molar-refractivity contribution < 1.29 is 9.53 Å². The summed E-state index contributed by atoms with van der Waals surface area (Å²) in [5, 5.41) is 0. The lowest BCUT2D eigenvalue weighted by molar-refractivity contribution is -0.148. The van der Waals surface area contributed by atoms with Crippen LogP contribution in [0, 0.1) is 34.5 Å². The Bertz CT molecular complexity index is 712. The van der Waals surface area contributed by atoms with Crippen LogP contribution < -0.4 is 0 Å². The minimum absolute atomic E-state index is 0.107. The molecule has 0 aromatic carbocycles. The van der Waals surface area contributed by atoms with E-state index in [-0.39, 0.29) is 12.1 Å². The van der Waals surface area contributed by atoms with Crippen LogP contribution in [0.3, 0.4) is 0 Å². The van der Waals surface area contributed by atoms with E-state index in [0.717, 1.165) is 36.5 Å².